The van der Waals surface area contributed by atoms with Crippen LogP contribution in [0.15, 0.2) is 12.3 Å². The Labute approximate surface area is 189 Å². The van der Waals surface area contributed by atoms with Gasteiger partial charge in [0, 0.05) is 12.7 Å². The predicted octanol–water partition coefficient (Wildman–Crippen LogP) is 4.54. The van der Waals surface area contributed by atoms with Crippen LogP contribution in [-0.2, 0) is 11.2 Å². The fraction of sp³-hybridized carbons (Fsp3) is 0.667. The zero-order chi connectivity index (χ0) is 22.9. The largest absolute Gasteiger partial charge is 0.410 e. The molecule has 2 atom stereocenters. The summed E-state index contributed by atoms with van der Waals surface area (Å²) in [5.41, 5.74) is 1.86. The van der Waals surface area contributed by atoms with Gasteiger partial charge in [-0.2, -0.15) is 18.3 Å². The van der Waals surface area contributed by atoms with Crippen LogP contribution in [0.1, 0.15) is 55.8 Å². The van der Waals surface area contributed by atoms with Crippen molar-refractivity contribution in [2.24, 2.45) is 5.92 Å². The fourth-order valence-corrected chi connectivity index (χ4v) is 4.94. The number of fused-ring (bicyclic) bond motifs is 1. The molecule has 32 heavy (non-hydrogen) atoms. The first-order valence-electron chi connectivity index (χ1n) is 10.9. The molecule has 0 aromatic carbocycles. The number of nitrogens with one attached hydrogen (secondary N) is 1. The van der Waals surface area contributed by atoms with E-state index in [2.05, 4.69) is 10.1 Å². The number of hydrogen-bond donors (Lipinski definition) is 1. The minimum atomic E-state index is -4.54. The summed E-state index contributed by atoms with van der Waals surface area (Å²) >= 11 is 6.41. The Morgan fingerprint density at radius 3 is 2.62 bits per heavy atom. The van der Waals surface area contributed by atoms with Crippen LogP contribution in [0.4, 0.5) is 18.0 Å². The topological polar surface area (TPSA) is 71.8 Å². The van der Waals surface area contributed by atoms with E-state index in [1.165, 1.54) is 45.6 Å². The van der Waals surface area contributed by atoms with Crippen molar-refractivity contribution in [3.05, 3.63) is 28.7 Å². The van der Waals surface area contributed by atoms with Gasteiger partial charge in [0.1, 0.15) is 6.04 Å². The smallest absolute Gasteiger partial charge is 0.382 e. The molecule has 0 spiro atoms. The summed E-state index contributed by atoms with van der Waals surface area (Å²) in [5, 5.41) is 6.44. The third-order valence-corrected chi connectivity index (χ3v) is 6.64. The Bertz CT molecular complexity index is 959. The summed E-state index contributed by atoms with van der Waals surface area (Å²) < 4.78 is 46.2. The van der Waals surface area contributed by atoms with E-state index in [4.69, 9.17) is 16.3 Å². The lowest BCUT2D eigenvalue weighted by atomic mass is 9.95. The number of rotatable bonds is 6. The van der Waals surface area contributed by atoms with Crippen LogP contribution in [-0.4, -0.2) is 58.0 Å². The zero-order valence-electron chi connectivity index (χ0n) is 17.9. The van der Waals surface area contributed by atoms with Gasteiger partial charge in [-0.15, -0.1) is 0 Å². The van der Waals surface area contributed by atoms with E-state index in [-0.39, 0.29) is 11.8 Å². The van der Waals surface area contributed by atoms with Gasteiger partial charge in [-0.25, -0.2) is 14.3 Å². The second-order valence-electron chi connectivity index (χ2n) is 8.65. The molecular formula is C21H27ClF3N5O2. The molecule has 2 aromatic heterocycles. The molecular weight excluding hydrogens is 447 g/mol. The number of carbonyl (C=O) groups is 1. The molecule has 3 heterocycles. The Hall–Kier alpha value is -2.07. The van der Waals surface area contributed by atoms with E-state index in [0.717, 1.165) is 17.0 Å². The summed E-state index contributed by atoms with van der Waals surface area (Å²) in [7, 11) is 1.42. The van der Waals surface area contributed by atoms with Gasteiger partial charge in [0.2, 0.25) is 0 Å². The molecule has 176 valence electrons. The molecule has 0 bridgehead atoms. The summed E-state index contributed by atoms with van der Waals surface area (Å²) in [6, 6.07) is -1.89. The molecule has 0 radical (unpaired) electrons. The first-order chi connectivity index (χ1) is 15.3. The number of aromatic nitrogens is 3. The molecule has 11 heteroatoms. The third kappa shape index (κ3) is 4.96. The lowest BCUT2D eigenvalue weighted by Gasteiger charge is -2.27. The highest BCUT2D eigenvalue weighted by molar-refractivity contribution is 6.30. The van der Waals surface area contributed by atoms with Crippen LogP contribution in [0.2, 0.25) is 5.15 Å². The molecule has 1 aliphatic carbocycles. The lowest BCUT2D eigenvalue weighted by Crippen LogP contribution is -2.40. The van der Waals surface area contributed by atoms with Gasteiger partial charge < -0.3 is 15.0 Å². The van der Waals surface area contributed by atoms with E-state index in [1.807, 2.05) is 11.5 Å². The van der Waals surface area contributed by atoms with Crippen LogP contribution < -0.4 is 5.32 Å². The number of carbonyl (C=O) groups excluding carboxylic acids is 1. The second-order valence-corrected chi connectivity index (χ2v) is 9.01. The number of urea groups is 1. The average molecular weight is 474 g/mol. The number of hydrogen-bond acceptors (Lipinski definition) is 4. The Balaban J connectivity index is 1.60. The van der Waals surface area contributed by atoms with Gasteiger partial charge >= 0.3 is 12.2 Å². The highest BCUT2D eigenvalue weighted by Gasteiger charge is 2.48. The molecule has 1 N–H and O–H groups in total. The number of imidazole rings is 1. The number of methoxy groups -OCH3 is 1. The summed E-state index contributed by atoms with van der Waals surface area (Å²) in [6.45, 7) is -0.551. The van der Waals surface area contributed by atoms with Crippen molar-refractivity contribution in [3.8, 4) is 0 Å². The number of ether oxygens (including phenoxy) is 1. The van der Waals surface area contributed by atoms with Crippen LogP contribution in [0.25, 0.3) is 5.65 Å². The Morgan fingerprint density at radius 2 is 2.00 bits per heavy atom. The average Bonchev–Trinajstić information content (AvgIpc) is 3.19. The van der Waals surface area contributed by atoms with E-state index < -0.39 is 30.8 Å². The molecule has 2 amide bonds. The highest BCUT2D eigenvalue weighted by Crippen LogP contribution is 2.33. The van der Waals surface area contributed by atoms with Crippen LogP contribution in [0.5, 0.6) is 0 Å². The van der Waals surface area contributed by atoms with Crippen LogP contribution in [0, 0.1) is 5.92 Å². The van der Waals surface area contributed by atoms with Crippen molar-refractivity contribution in [1.82, 2.24) is 24.8 Å². The molecule has 7 nitrogen and oxygen atoms in total. The molecule has 2 aliphatic rings. The molecule has 0 unspecified atom stereocenters. The van der Waals surface area contributed by atoms with Crippen molar-refractivity contribution >= 4 is 23.3 Å². The van der Waals surface area contributed by atoms with E-state index in [0.29, 0.717) is 17.1 Å². The van der Waals surface area contributed by atoms with Crippen LogP contribution >= 0.6 is 11.6 Å². The van der Waals surface area contributed by atoms with E-state index in [1.54, 1.807) is 10.6 Å². The van der Waals surface area contributed by atoms with Gasteiger partial charge in [-0.3, -0.25) is 0 Å². The molecule has 1 saturated heterocycles. The summed E-state index contributed by atoms with van der Waals surface area (Å²) in [6.07, 6.45) is 5.59. The van der Waals surface area contributed by atoms with E-state index in [9.17, 15) is 18.0 Å². The zero-order valence-corrected chi connectivity index (χ0v) is 18.6. The van der Waals surface area contributed by atoms with Crippen molar-refractivity contribution < 1.29 is 22.7 Å². The Morgan fingerprint density at radius 1 is 1.28 bits per heavy atom. The van der Waals surface area contributed by atoms with Gasteiger partial charge in [-0.05, 0) is 18.4 Å². The standard InChI is InChI=1S/C21H27ClF3N5O2/c1-32-12-16(29-11-17(21(23,24)25)27-20(29)31)15-9-18-26-14(10-30(18)28-19(15)22)8-13-6-4-2-3-5-7-13/h9-10,13,16-17H,2-8,11-12H2,1H3,(H,27,31)/t16-,17+/m1/s1. The van der Waals surface area contributed by atoms with Gasteiger partial charge in [0.25, 0.3) is 0 Å². The number of amides is 2. The van der Waals surface area contributed by atoms with Gasteiger partial charge in [-0.1, -0.05) is 50.1 Å². The van der Waals surface area contributed by atoms with Gasteiger partial charge in [0.15, 0.2) is 10.8 Å². The summed E-state index contributed by atoms with van der Waals surface area (Å²) in [5.74, 6) is 0.589. The first kappa shape index (κ1) is 23.1. The maximum atomic E-state index is 13.1. The van der Waals surface area contributed by atoms with Gasteiger partial charge in [0.05, 0.1) is 31.1 Å². The molecule has 1 saturated carbocycles. The normalized spacial score (nSPS) is 21.7. The SMILES string of the molecule is COC[C@H](c1cc2nc(CC3CCCCCC3)cn2nc1Cl)N1C[C@@H](C(F)(F)F)NC1=O. The minimum absolute atomic E-state index is 0.0226. The fourth-order valence-electron chi connectivity index (χ4n) is 4.68. The predicted molar refractivity (Wildman–Crippen MR) is 113 cm³/mol. The van der Waals surface area contributed by atoms with Crippen LogP contribution in [0.3, 0.4) is 0 Å². The maximum Gasteiger partial charge on any atom is 0.410 e. The Kier molecular flexibility index (Phi) is 6.80. The molecule has 1 aliphatic heterocycles. The monoisotopic (exact) mass is 473 g/mol. The van der Waals surface area contributed by atoms with Crippen molar-refractivity contribution in [1.29, 1.82) is 0 Å². The van der Waals surface area contributed by atoms with E-state index >= 15 is 0 Å². The first-order valence-corrected chi connectivity index (χ1v) is 11.3. The number of nitrogens with zero attached hydrogens (tertiary/aromatic N) is 4. The van der Waals surface area contributed by atoms with Crippen molar-refractivity contribution in [2.45, 2.75) is 63.2 Å². The highest BCUT2D eigenvalue weighted by atomic mass is 35.5. The summed E-state index contributed by atoms with van der Waals surface area (Å²) in [4.78, 5) is 18.1. The van der Waals surface area contributed by atoms with Crippen molar-refractivity contribution in [2.75, 3.05) is 20.3 Å². The molecule has 2 fully saturated rings. The maximum absolute atomic E-state index is 13.1. The molecule has 4 rings (SSSR count). The van der Waals surface area contributed by atoms with Crippen molar-refractivity contribution in [3.63, 3.8) is 0 Å². The second kappa shape index (κ2) is 9.43. The number of alkyl halides is 3. The lowest BCUT2D eigenvalue weighted by molar-refractivity contribution is -0.150. The quantitative estimate of drug-likeness (QED) is 0.625. The third-order valence-electron chi connectivity index (χ3n) is 6.35. The minimum Gasteiger partial charge on any atom is -0.382 e. The number of halogens is 4. The molecule has 2 aromatic rings.